The smallest absolute Gasteiger partial charge is 0.437 e. The summed E-state index contributed by atoms with van der Waals surface area (Å²) in [6.07, 6.45) is 0. The molecule has 2 aromatic carbocycles. The van der Waals surface area contributed by atoms with Crippen LogP contribution in [0.15, 0.2) is 75.3 Å². The Balaban J connectivity index is 1.48. The maximum Gasteiger partial charge on any atom is 0.437 e. The Hall–Kier alpha value is -3.65. The predicted octanol–water partition coefficient (Wildman–Crippen LogP) is 4.30. The zero-order valence-corrected chi connectivity index (χ0v) is 16.3. The first-order valence-electron chi connectivity index (χ1n) is 8.84. The van der Waals surface area contributed by atoms with E-state index in [9.17, 15) is 9.59 Å². The van der Waals surface area contributed by atoms with E-state index in [1.165, 1.54) is 11.3 Å². The molecule has 0 saturated carbocycles. The SMILES string of the molecule is Cc1ccc(Oc2ccccc2NC(=O)Cn2nc(-c3cccs3)oc2=O)cc1. The molecule has 1 N–H and O–H groups in total. The van der Waals surface area contributed by atoms with Crippen LogP contribution >= 0.6 is 11.3 Å². The Morgan fingerprint density at radius 2 is 1.93 bits per heavy atom. The van der Waals surface area contributed by atoms with Crippen molar-refractivity contribution >= 4 is 22.9 Å². The molecule has 0 aliphatic heterocycles. The van der Waals surface area contributed by atoms with Crippen molar-refractivity contribution in [1.29, 1.82) is 0 Å². The van der Waals surface area contributed by atoms with E-state index in [2.05, 4.69) is 10.4 Å². The van der Waals surface area contributed by atoms with Gasteiger partial charge in [0.25, 0.3) is 5.89 Å². The summed E-state index contributed by atoms with van der Waals surface area (Å²) in [5, 5.41) is 8.70. The van der Waals surface area contributed by atoms with Gasteiger partial charge in [0.15, 0.2) is 5.75 Å². The van der Waals surface area contributed by atoms with Crippen LogP contribution in [0.1, 0.15) is 5.56 Å². The molecule has 0 bridgehead atoms. The second kappa shape index (κ2) is 8.15. The third-order valence-corrected chi connectivity index (χ3v) is 4.90. The summed E-state index contributed by atoms with van der Waals surface area (Å²) < 4.78 is 12.0. The first-order valence-corrected chi connectivity index (χ1v) is 9.72. The lowest BCUT2D eigenvalue weighted by Gasteiger charge is -2.12. The Morgan fingerprint density at radius 1 is 1.14 bits per heavy atom. The minimum Gasteiger partial charge on any atom is -0.455 e. The normalized spacial score (nSPS) is 10.7. The van der Waals surface area contributed by atoms with Crippen LogP contribution in [-0.4, -0.2) is 15.7 Å². The molecule has 2 heterocycles. The summed E-state index contributed by atoms with van der Waals surface area (Å²) in [6.45, 7) is 1.72. The van der Waals surface area contributed by atoms with Crippen molar-refractivity contribution in [3.63, 3.8) is 0 Å². The molecule has 0 aliphatic rings. The summed E-state index contributed by atoms with van der Waals surface area (Å²) in [5.74, 6) is 0.244. The number of nitrogens with one attached hydrogen (secondary N) is 1. The number of aryl methyl sites for hydroxylation is 1. The highest BCUT2D eigenvalue weighted by Crippen LogP contribution is 2.29. The summed E-state index contributed by atoms with van der Waals surface area (Å²) in [7, 11) is 0. The highest BCUT2D eigenvalue weighted by atomic mass is 32.1. The first-order chi connectivity index (χ1) is 14.1. The third-order valence-electron chi connectivity index (χ3n) is 4.04. The van der Waals surface area contributed by atoms with Crippen LogP contribution in [0.4, 0.5) is 5.69 Å². The molecular weight excluding hydrogens is 390 g/mol. The van der Waals surface area contributed by atoms with Crippen molar-refractivity contribution in [3.05, 3.63) is 82.2 Å². The molecule has 0 saturated heterocycles. The van der Waals surface area contributed by atoms with Crippen molar-refractivity contribution in [2.24, 2.45) is 0 Å². The van der Waals surface area contributed by atoms with E-state index in [1.54, 1.807) is 24.3 Å². The van der Waals surface area contributed by atoms with Crippen molar-refractivity contribution < 1.29 is 13.9 Å². The van der Waals surface area contributed by atoms with Crippen LogP contribution in [0, 0.1) is 6.92 Å². The number of anilines is 1. The molecular formula is C21H17N3O4S. The van der Waals surface area contributed by atoms with E-state index < -0.39 is 11.7 Å². The van der Waals surface area contributed by atoms with Gasteiger partial charge in [-0.15, -0.1) is 16.4 Å². The van der Waals surface area contributed by atoms with Crippen molar-refractivity contribution in [2.75, 3.05) is 5.32 Å². The van der Waals surface area contributed by atoms with Crippen molar-refractivity contribution in [2.45, 2.75) is 13.5 Å². The summed E-state index contributed by atoms with van der Waals surface area (Å²) >= 11 is 1.40. The fraction of sp³-hybridized carbons (Fsp3) is 0.0952. The third kappa shape index (κ3) is 4.44. The van der Waals surface area contributed by atoms with Crippen LogP contribution in [0.3, 0.4) is 0 Å². The van der Waals surface area contributed by atoms with Crippen LogP contribution in [0.5, 0.6) is 11.5 Å². The Labute approximate surface area is 170 Å². The molecule has 29 heavy (non-hydrogen) atoms. The first kappa shape index (κ1) is 18.7. The Bertz CT molecular complexity index is 1180. The fourth-order valence-electron chi connectivity index (χ4n) is 2.62. The number of hydrogen-bond donors (Lipinski definition) is 1. The molecule has 4 aromatic rings. The number of para-hydroxylation sites is 2. The van der Waals surface area contributed by atoms with Gasteiger partial charge in [-0.1, -0.05) is 35.9 Å². The average Bonchev–Trinajstić information content (AvgIpc) is 3.36. The van der Waals surface area contributed by atoms with Gasteiger partial charge in [-0.2, -0.15) is 4.68 Å². The van der Waals surface area contributed by atoms with Crippen LogP contribution < -0.4 is 15.8 Å². The number of benzene rings is 2. The maximum absolute atomic E-state index is 12.5. The molecule has 8 heteroatoms. The highest BCUT2D eigenvalue weighted by molar-refractivity contribution is 7.13. The number of nitrogens with zero attached hydrogens (tertiary/aromatic N) is 2. The zero-order chi connectivity index (χ0) is 20.2. The van der Waals surface area contributed by atoms with Crippen molar-refractivity contribution in [3.8, 4) is 22.3 Å². The predicted molar refractivity (Wildman–Crippen MR) is 110 cm³/mol. The summed E-state index contributed by atoms with van der Waals surface area (Å²) in [6, 6.07) is 18.3. The number of aromatic nitrogens is 2. The van der Waals surface area contributed by atoms with Crippen LogP contribution in [-0.2, 0) is 11.3 Å². The number of rotatable bonds is 6. The molecule has 7 nitrogen and oxygen atoms in total. The van der Waals surface area contributed by atoms with E-state index in [1.807, 2.05) is 48.7 Å². The minimum absolute atomic E-state index is 0.195. The van der Waals surface area contributed by atoms with Gasteiger partial charge >= 0.3 is 5.76 Å². The van der Waals surface area contributed by atoms with Crippen LogP contribution in [0.25, 0.3) is 10.8 Å². The Morgan fingerprint density at radius 3 is 2.69 bits per heavy atom. The topological polar surface area (TPSA) is 86.4 Å². The van der Waals surface area contributed by atoms with E-state index in [0.29, 0.717) is 17.2 Å². The Kier molecular flexibility index (Phi) is 5.26. The molecule has 0 aliphatic carbocycles. The van der Waals surface area contributed by atoms with Crippen LogP contribution in [0.2, 0.25) is 0 Å². The van der Waals surface area contributed by atoms with Gasteiger partial charge in [0, 0.05) is 0 Å². The number of carbonyl (C=O) groups is 1. The number of ether oxygens (including phenoxy) is 1. The quantitative estimate of drug-likeness (QED) is 0.515. The minimum atomic E-state index is -0.687. The van der Waals surface area contributed by atoms with Gasteiger partial charge in [-0.25, -0.2) is 4.79 Å². The van der Waals surface area contributed by atoms with Gasteiger partial charge in [-0.05, 0) is 42.6 Å². The molecule has 1 amide bonds. The van der Waals surface area contributed by atoms with Gasteiger partial charge < -0.3 is 14.5 Å². The van der Waals surface area contributed by atoms with Gasteiger partial charge in [0.2, 0.25) is 5.91 Å². The average molecular weight is 407 g/mol. The van der Waals surface area contributed by atoms with E-state index in [4.69, 9.17) is 9.15 Å². The summed E-state index contributed by atoms with van der Waals surface area (Å²) in [5.41, 5.74) is 1.62. The molecule has 2 aromatic heterocycles. The highest BCUT2D eigenvalue weighted by Gasteiger charge is 2.15. The largest absolute Gasteiger partial charge is 0.455 e. The summed E-state index contributed by atoms with van der Waals surface area (Å²) in [4.78, 5) is 25.2. The standard InChI is InChI=1S/C21H17N3O4S/c1-14-8-10-15(11-9-14)27-17-6-3-2-5-16(17)22-19(25)13-24-21(26)28-20(23-24)18-7-4-12-29-18/h2-12H,13H2,1H3,(H,22,25). The van der Waals surface area contributed by atoms with Crippen molar-refractivity contribution in [1.82, 2.24) is 9.78 Å². The second-order valence-corrected chi connectivity index (χ2v) is 7.22. The van der Waals surface area contributed by atoms with Gasteiger partial charge in [0.1, 0.15) is 12.3 Å². The lowest BCUT2D eigenvalue weighted by Crippen LogP contribution is -2.26. The molecule has 0 unspecified atom stereocenters. The number of carbonyl (C=O) groups excluding carboxylic acids is 1. The fourth-order valence-corrected chi connectivity index (χ4v) is 3.27. The molecule has 0 atom stereocenters. The lowest BCUT2D eigenvalue weighted by atomic mass is 10.2. The van der Waals surface area contributed by atoms with E-state index >= 15 is 0 Å². The number of amides is 1. The van der Waals surface area contributed by atoms with Gasteiger partial charge in [-0.3, -0.25) is 4.79 Å². The second-order valence-electron chi connectivity index (χ2n) is 6.27. The molecule has 0 fully saturated rings. The van der Waals surface area contributed by atoms with Gasteiger partial charge in [0.05, 0.1) is 10.6 Å². The molecule has 4 rings (SSSR count). The van der Waals surface area contributed by atoms with E-state index in [-0.39, 0.29) is 12.4 Å². The molecule has 146 valence electrons. The number of thiophene rings is 1. The zero-order valence-electron chi connectivity index (χ0n) is 15.5. The lowest BCUT2D eigenvalue weighted by molar-refractivity contribution is -0.117. The number of hydrogen-bond acceptors (Lipinski definition) is 6. The molecule has 0 spiro atoms. The maximum atomic E-state index is 12.5. The molecule has 0 radical (unpaired) electrons. The van der Waals surface area contributed by atoms with E-state index in [0.717, 1.165) is 15.1 Å². The monoisotopic (exact) mass is 407 g/mol.